The van der Waals surface area contributed by atoms with Crippen LogP contribution in [0.25, 0.3) is 6.08 Å². The summed E-state index contributed by atoms with van der Waals surface area (Å²) in [5, 5.41) is 0. The van der Waals surface area contributed by atoms with Crippen molar-refractivity contribution in [3.05, 3.63) is 42.0 Å². The zero-order chi connectivity index (χ0) is 14.8. The predicted octanol–water partition coefficient (Wildman–Crippen LogP) is 2.54. The number of rotatable bonds is 8. The monoisotopic (exact) mass is 294 g/mol. The molecule has 5 heteroatoms. The zero-order valence-electron chi connectivity index (χ0n) is 12.2. The van der Waals surface area contributed by atoms with Crippen LogP contribution in [0.4, 0.5) is 0 Å². The lowest BCUT2D eigenvalue weighted by atomic mass is 10.2. The first-order valence-corrected chi connectivity index (χ1v) is 8.23. The average molecular weight is 294 g/mol. The maximum absolute atomic E-state index is 11.5. The molecule has 0 heterocycles. The van der Waals surface area contributed by atoms with Crippen molar-refractivity contribution in [1.82, 2.24) is 0 Å². The van der Waals surface area contributed by atoms with Crippen LogP contribution in [0.15, 0.2) is 36.4 Å². The van der Waals surface area contributed by atoms with Gasteiger partial charge in [0.25, 0.3) is 0 Å². The van der Waals surface area contributed by atoms with E-state index >= 15 is 0 Å². The van der Waals surface area contributed by atoms with Crippen LogP contribution in [-0.4, -0.2) is 36.1 Å². The SMILES string of the molecule is CO[SiH](OC)C(C)CCOC(=O)C=Cc1ccccc1. The number of benzene rings is 1. The van der Waals surface area contributed by atoms with Gasteiger partial charge in [0.05, 0.1) is 6.61 Å². The maximum Gasteiger partial charge on any atom is 0.330 e. The molecule has 0 radical (unpaired) electrons. The summed E-state index contributed by atoms with van der Waals surface area (Å²) < 4.78 is 15.7. The highest BCUT2D eigenvalue weighted by Gasteiger charge is 2.19. The van der Waals surface area contributed by atoms with Gasteiger partial charge in [-0.1, -0.05) is 37.3 Å². The van der Waals surface area contributed by atoms with Gasteiger partial charge in [0, 0.05) is 25.8 Å². The van der Waals surface area contributed by atoms with Crippen LogP contribution in [0.1, 0.15) is 18.9 Å². The predicted molar refractivity (Wildman–Crippen MR) is 81.6 cm³/mol. The first kappa shape index (κ1) is 16.6. The highest BCUT2D eigenvalue weighted by molar-refractivity contribution is 6.46. The minimum atomic E-state index is -1.62. The van der Waals surface area contributed by atoms with E-state index in [2.05, 4.69) is 6.92 Å². The second-order valence-electron chi connectivity index (χ2n) is 4.52. The molecule has 1 rings (SSSR count). The molecule has 1 unspecified atom stereocenters. The van der Waals surface area contributed by atoms with E-state index in [1.54, 1.807) is 20.3 Å². The Bertz CT molecular complexity index is 415. The molecule has 0 N–H and O–H groups in total. The van der Waals surface area contributed by atoms with Crippen molar-refractivity contribution in [3.8, 4) is 0 Å². The van der Waals surface area contributed by atoms with Gasteiger partial charge in [0.1, 0.15) is 0 Å². The highest BCUT2D eigenvalue weighted by Crippen LogP contribution is 2.15. The van der Waals surface area contributed by atoms with Crippen LogP contribution in [-0.2, 0) is 18.4 Å². The first-order chi connectivity index (χ1) is 9.67. The van der Waals surface area contributed by atoms with Crippen LogP contribution in [0, 0.1) is 0 Å². The Balaban J connectivity index is 2.28. The molecule has 20 heavy (non-hydrogen) atoms. The summed E-state index contributed by atoms with van der Waals surface area (Å²) in [5.74, 6) is -0.325. The number of carbonyl (C=O) groups is 1. The molecule has 0 amide bonds. The number of ether oxygens (including phenoxy) is 1. The van der Waals surface area contributed by atoms with Crippen molar-refractivity contribution in [2.45, 2.75) is 18.9 Å². The normalized spacial score (nSPS) is 12.8. The van der Waals surface area contributed by atoms with E-state index in [1.807, 2.05) is 30.3 Å². The average Bonchev–Trinajstić information content (AvgIpc) is 2.47. The van der Waals surface area contributed by atoms with Gasteiger partial charge in [-0.2, -0.15) is 0 Å². The molecule has 1 aromatic carbocycles. The van der Waals surface area contributed by atoms with Gasteiger partial charge in [-0.25, -0.2) is 4.79 Å². The number of hydrogen-bond donors (Lipinski definition) is 0. The van der Waals surface area contributed by atoms with Crippen molar-refractivity contribution in [3.63, 3.8) is 0 Å². The molecule has 0 aliphatic carbocycles. The van der Waals surface area contributed by atoms with Crippen LogP contribution in [0.3, 0.4) is 0 Å². The molecule has 0 aliphatic rings. The van der Waals surface area contributed by atoms with Crippen molar-refractivity contribution in [2.24, 2.45) is 0 Å². The Hall–Kier alpha value is -1.43. The summed E-state index contributed by atoms with van der Waals surface area (Å²) in [6, 6.07) is 9.64. The van der Waals surface area contributed by atoms with Gasteiger partial charge in [-0.15, -0.1) is 0 Å². The third-order valence-electron chi connectivity index (χ3n) is 2.96. The Morgan fingerprint density at radius 2 is 1.90 bits per heavy atom. The summed E-state index contributed by atoms with van der Waals surface area (Å²) >= 11 is 0. The quantitative estimate of drug-likeness (QED) is 0.420. The molecule has 1 aromatic rings. The van der Waals surface area contributed by atoms with Crippen LogP contribution in [0.5, 0.6) is 0 Å². The molecule has 110 valence electrons. The smallest absolute Gasteiger partial charge is 0.330 e. The summed E-state index contributed by atoms with van der Waals surface area (Å²) in [6.45, 7) is 2.44. The van der Waals surface area contributed by atoms with E-state index < -0.39 is 9.28 Å². The lowest BCUT2D eigenvalue weighted by Gasteiger charge is -2.18. The molecule has 1 atom stereocenters. The van der Waals surface area contributed by atoms with E-state index in [1.165, 1.54) is 6.08 Å². The maximum atomic E-state index is 11.5. The minimum absolute atomic E-state index is 0.302. The second-order valence-corrected chi connectivity index (χ2v) is 7.33. The number of hydrogen-bond acceptors (Lipinski definition) is 4. The Labute approximate surface area is 122 Å². The molecule has 0 saturated heterocycles. The van der Waals surface area contributed by atoms with Gasteiger partial charge in [-0.3, -0.25) is 0 Å². The van der Waals surface area contributed by atoms with Crippen molar-refractivity contribution in [2.75, 3.05) is 20.8 Å². The van der Waals surface area contributed by atoms with E-state index in [0.29, 0.717) is 12.1 Å². The zero-order valence-corrected chi connectivity index (χ0v) is 13.4. The van der Waals surface area contributed by atoms with Gasteiger partial charge in [-0.05, 0) is 18.1 Å². The Kier molecular flexibility index (Phi) is 7.87. The fourth-order valence-electron chi connectivity index (χ4n) is 1.82. The lowest BCUT2D eigenvalue weighted by Crippen LogP contribution is -2.25. The van der Waals surface area contributed by atoms with Crippen molar-refractivity contribution >= 4 is 21.3 Å². The minimum Gasteiger partial charge on any atom is -0.463 e. The van der Waals surface area contributed by atoms with Crippen LogP contribution < -0.4 is 0 Å². The fourth-order valence-corrected chi connectivity index (χ4v) is 3.35. The van der Waals surface area contributed by atoms with Gasteiger partial charge in [0.15, 0.2) is 0 Å². The van der Waals surface area contributed by atoms with E-state index in [-0.39, 0.29) is 5.97 Å². The van der Waals surface area contributed by atoms with Crippen molar-refractivity contribution in [1.29, 1.82) is 0 Å². The van der Waals surface area contributed by atoms with E-state index in [9.17, 15) is 4.79 Å². The van der Waals surface area contributed by atoms with Crippen LogP contribution >= 0.6 is 0 Å². The highest BCUT2D eigenvalue weighted by atomic mass is 28.3. The molecule has 0 fully saturated rings. The molecule has 4 nitrogen and oxygen atoms in total. The molecular weight excluding hydrogens is 272 g/mol. The molecule has 0 bridgehead atoms. The summed E-state index contributed by atoms with van der Waals surface area (Å²) in [4.78, 5) is 11.5. The topological polar surface area (TPSA) is 44.8 Å². The third kappa shape index (κ3) is 6.14. The third-order valence-corrected chi connectivity index (χ3v) is 5.15. The van der Waals surface area contributed by atoms with E-state index in [0.717, 1.165) is 12.0 Å². The summed E-state index contributed by atoms with van der Waals surface area (Å²) in [5.41, 5.74) is 1.28. The molecule has 0 aliphatic heterocycles. The first-order valence-electron chi connectivity index (χ1n) is 6.63. The number of esters is 1. The van der Waals surface area contributed by atoms with E-state index in [4.69, 9.17) is 13.6 Å². The van der Waals surface area contributed by atoms with Crippen LogP contribution in [0.2, 0.25) is 5.54 Å². The fraction of sp³-hybridized carbons (Fsp3) is 0.400. The van der Waals surface area contributed by atoms with Crippen molar-refractivity contribution < 1.29 is 18.4 Å². The largest absolute Gasteiger partial charge is 0.463 e. The summed E-state index contributed by atoms with van der Waals surface area (Å²) in [6.07, 6.45) is 3.94. The molecule has 0 saturated carbocycles. The second kappa shape index (κ2) is 9.47. The standard InChI is InChI=1S/C15H22O4Si/c1-13(20(17-2)18-3)11-12-19-15(16)10-9-14-7-5-4-6-8-14/h4-10,13,20H,11-12H2,1-3H3. The lowest BCUT2D eigenvalue weighted by molar-refractivity contribution is -0.137. The van der Waals surface area contributed by atoms with Gasteiger partial charge >= 0.3 is 15.3 Å². The Morgan fingerprint density at radius 1 is 1.25 bits per heavy atom. The Morgan fingerprint density at radius 3 is 2.50 bits per heavy atom. The molecule has 0 spiro atoms. The number of carbonyl (C=O) groups excluding carboxylic acids is 1. The molecule has 0 aromatic heterocycles. The van der Waals surface area contributed by atoms with Gasteiger partial charge in [0.2, 0.25) is 0 Å². The van der Waals surface area contributed by atoms with Gasteiger partial charge < -0.3 is 13.6 Å². The molecular formula is C15H22O4Si. The summed E-state index contributed by atoms with van der Waals surface area (Å²) in [7, 11) is 1.69.